The van der Waals surface area contributed by atoms with E-state index in [2.05, 4.69) is 8.67 Å². The molecule has 2 N–H and O–H groups in total. The van der Waals surface area contributed by atoms with Crippen LogP contribution in [0.15, 0.2) is 4.15 Å². The Morgan fingerprint density at radius 2 is 1.90 bits per heavy atom. The standard InChI is InChI=1S/C2H8NO5PS/c1-8-9(4,5)3-10(2,6)7/h4-5H,1-2H3. The van der Waals surface area contributed by atoms with Gasteiger partial charge in [-0.15, -0.1) is 4.15 Å². The molecule has 0 bridgehead atoms. The SMILES string of the molecule is COP(O)(O)=NS(C)(=O)=O. The van der Waals surface area contributed by atoms with Crippen molar-refractivity contribution in [1.29, 1.82) is 0 Å². The minimum atomic E-state index is -4.01. The summed E-state index contributed by atoms with van der Waals surface area (Å²) >= 11 is 0. The van der Waals surface area contributed by atoms with Crippen LogP contribution in [0.2, 0.25) is 0 Å². The van der Waals surface area contributed by atoms with Crippen LogP contribution in [0.25, 0.3) is 0 Å². The average molecular weight is 189 g/mol. The molecule has 0 aromatic rings. The molecule has 0 saturated heterocycles. The zero-order valence-electron chi connectivity index (χ0n) is 5.42. The van der Waals surface area contributed by atoms with Crippen molar-refractivity contribution >= 4 is 17.8 Å². The Bertz CT molecular complexity index is 249. The fourth-order valence-electron chi connectivity index (χ4n) is 0.227. The summed E-state index contributed by atoms with van der Waals surface area (Å²) in [6.07, 6.45) is 0.743. The highest BCUT2D eigenvalue weighted by atomic mass is 32.2. The predicted octanol–water partition coefficient (Wildman–Crippen LogP) is -0.477. The Labute approximate surface area is 58.8 Å². The minimum Gasteiger partial charge on any atom is -0.318 e. The van der Waals surface area contributed by atoms with Crippen LogP contribution in [0, 0.1) is 0 Å². The maximum Gasteiger partial charge on any atom is 0.365 e. The number of nitrogens with zero attached hydrogens (tertiary/aromatic N) is 1. The van der Waals surface area contributed by atoms with Gasteiger partial charge in [0.1, 0.15) is 0 Å². The molecule has 62 valence electrons. The van der Waals surface area contributed by atoms with E-state index < -0.39 is 17.8 Å². The highest BCUT2D eigenvalue weighted by molar-refractivity contribution is 7.92. The molecule has 0 aliphatic carbocycles. The normalized spacial score (nSPS) is 13.2. The van der Waals surface area contributed by atoms with Gasteiger partial charge in [-0.2, -0.15) is 0 Å². The fraction of sp³-hybridized carbons (Fsp3) is 1.00. The van der Waals surface area contributed by atoms with Gasteiger partial charge in [0.25, 0.3) is 10.0 Å². The van der Waals surface area contributed by atoms with Crippen molar-refractivity contribution in [2.45, 2.75) is 0 Å². The summed E-state index contributed by atoms with van der Waals surface area (Å²) in [6, 6.07) is 0. The van der Waals surface area contributed by atoms with Gasteiger partial charge in [0.15, 0.2) is 0 Å². The fourth-order valence-corrected chi connectivity index (χ4v) is 2.04. The lowest BCUT2D eigenvalue weighted by atomic mass is 11.8. The van der Waals surface area contributed by atoms with E-state index in [1.165, 1.54) is 0 Å². The number of sulfonamides is 1. The molecule has 0 amide bonds. The highest BCUT2D eigenvalue weighted by Gasteiger charge is 2.13. The summed E-state index contributed by atoms with van der Waals surface area (Å²) in [4.78, 5) is 17.1. The average Bonchev–Trinajstić information content (AvgIpc) is 1.60. The minimum absolute atomic E-state index is 0.743. The topological polar surface area (TPSA) is 96.2 Å². The van der Waals surface area contributed by atoms with Gasteiger partial charge in [0.2, 0.25) is 0 Å². The number of rotatable bonds is 2. The maximum absolute atomic E-state index is 10.3. The predicted molar refractivity (Wildman–Crippen MR) is 35.6 cm³/mol. The quantitative estimate of drug-likeness (QED) is 0.572. The van der Waals surface area contributed by atoms with Crippen molar-refractivity contribution in [1.82, 2.24) is 0 Å². The Balaban J connectivity index is 4.80. The van der Waals surface area contributed by atoms with Crippen LogP contribution in [0.1, 0.15) is 0 Å². The molecule has 0 heterocycles. The van der Waals surface area contributed by atoms with Crippen molar-refractivity contribution < 1.29 is 22.7 Å². The molecule has 6 nitrogen and oxygen atoms in total. The molecule has 0 aliphatic rings. The van der Waals surface area contributed by atoms with Crippen LogP contribution in [0.3, 0.4) is 0 Å². The molecule has 0 atom stereocenters. The van der Waals surface area contributed by atoms with Crippen molar-refractivity contribution in [2.24, 2.45) is 4.15 Å². The smallest absolute Gasteiger partial charge is 0.318 e. The van der Waals surface area contributed by atoms with Crippen molar-refractivity contribution in [3.8, 4) is 0 Å². The van der Waals surface area contributed by atoms with Gasteiger partial charge in [0.05, 0.1) is 6.26 Å². The lowest BCUT2D eigenvalue weighted by molar-refractivity contribution is 0.295. The second kappa shape index (κ2) is 2.98. The summed E-state index contributed by atoms with van der Waals surface area (Å²) in [6.45, 7) is 0. The first-order valence-corrected chi connectivity index (χ1v) is 5.53. The molecule has 0 spiro atoms. The highest BCUT2D eigenvalue weighted by Crippen LogP contribution is 2.40. The molecule has 0 rings (SSSR count). The van der Waals surface area contributed by atoms with Crippen molar-refractivity contribution in [3.05, 3.63) is 0 Å². The summed E-state index contributed by atoms with van der Waals surface area (Å²) < 4.78 is 27.2. The summed E-state index contributed by atoms with van der Waals surface area (Å²) in [5.41, 5.74) is 0. The number of hydrogen-bond acceptors (Lipinski definition) is 3. The van der Waals surface area contributed by atoms with Crippen LogP contribution in [0.5, 0.6) is 0 Å². The third-order valence-electron chi connectivity index (χ3n) is 0.500. The third-order valence-corrected chi connectivity index (χ3v) is 3.03. The van der Waals surface area contributed by atoms with E-state index in [1.807, 2.05) is 0 Å². The Morgan fingerprint density at radius 1 is 1.50 bits per heavy atom. The first kappa shape index (κ1) is 10.1. The van der Waals surface area contributed by atoms with Gasteiger partial charge >= 0.3 is 7.74 Å². The zero-order valence-corrected chi connectivity index (χ0v) is 7.13. The molecule has 0 aromatic carbocycles. The van der Waals surface area contributed by atoms with Crippen LogP contribution >= 0.6 is 7.74 Å². The first-order chi connectivity index (χ1) is 4.27. The molecule has 0 saturated carbocycles. The molecule has 0 unspecified atom stereocenters. The van der Waals surface area contributed by atoms with Gasteiger partial charge < -0.3 is 14.3 Å². The first-order valence-electron chi connectivity index (χ1n) is 2.11. The largest absolute Gasteiger partial charge is 0.365 e. The van der Waals surface area contributed by atoms with E-state index in [9.17, 15) is 8.42 Å². The number of hydrogen-bond donors (Lipinski definition) is 2. The molecule has 10 heavy (non-hydrogen) atoms. The van der Waals surface area contributed by atoms with Crippen molar-refractivity contribution in [3.63, 3.8) is 0 Å². The summed E-state index contributed by atoms with van der Waals surface area (Å²) in [5.74, 6) is 0. The molecule has 0 aliphatic heterocycles. The van der Waals surface area contributed by atoms with Gasteiger partial charge in [-0.1, -0.05) is 0 Å². The molecular formula is C2H8NO5PS. The van der Waals surface area contributed by atoms with Crippen LogP contribution < -0.4 is 0 Å². The molecule has 8 heteroatoms. The van der Waals surface area contributed by atoms with E-state index in [4.69, 9.17) is 9.79 Å². The zero-order chi connectivity index (χ0) is 8.41. The second-order valence-electron chi connectivity index (χ2n) is 1.51. The van der Waals surface area contributed by atoms with E-state index in [0.29, 0.717) is 0 Å². The van der Waals surface area contributed by atoms with Crippen LogP contribution in [0.4, 0.5) is 0 Å². The van der Waals surface area contributed by atoms with E-state index in [0.717, 1.165) is 13.4 Å². The Kier molecular flexibility index (Phi) is 3.00. The summed E-state index contributed by atoms with van der Waals surface area (Å²) in [5, 5.41) is 0. The summed E-state index contributed by atoms with van der Waals surface area (Å²) in [7, 11) is -6.79. The van der Waals surface area contributed by atoms with E-state index >= 15 is 0 Å². The van der Waals surface area contributed by atoms with Crippen LogP contribution in [-0.2, 0) is 14.5 Å². The van der Waals surface area contributed by atoms with Gasteiger partial charge in [-0.05, 0) is 0 Å². The maximum atomic E-state index is 10.3. The molecular weight excluding hydrogens is 181 g/mol. The lowest BCUT2D eigenvalue weighted by Gasteiger charge is -2.03. The van der Waals surface area contributed by atoms with E-state index in [-0.39, 0.29) is 0 Å². The van der Waals surface area contributed by atoms with Gasteiger partial charge in [-0.25, -0.2) is 8.42 Å². The molecule has 0 radical (unpaired) electrons. The van der Waals surface area contributed by atoms with Gasteiger partial charge in [-0.3, -0.25) is 0 Å². The third kappa shape index (κ3) is 4.89. The van der Waals surface area contributed by atoms with E-state index in [1.54, 1.807) is 0 Å². The second-order valence-corrected chi connectivity index (χ2v) is 5.02. The van der Waals surface area contributed by atoms with Gasteiger partial charge in [0, 0.05) is 7.11 Å². The lowest BCUT2D eigenvalue weighted by Crippen LogP contribution is -1.91. The molecule has 0 aromatic heterocycles. The van der Waals surface area contributed by atoms with Crippen LogP contribution in [-0.4, -0.2) is 31.6 Å². The Hall–Kier alpha value is 0.0600. The molecule has 0 fully saturated rings. The van der Waals surface area contributed by atoms with Crippen molar-refractivity contribution in [2.75, 3.05) is 13.4 Å². The Morgan fingerprint density at radius 3 is 2.00 bits per heavy atom. The monoisotopic (exact) mass is 189 g/mol.